The molecule has 164 valence electrons. The summed E-state index contributed by atoms with van der Waals surface area (Å²) in [5.74, 6) is 0.720. The molecule has 3 nitrogen and oxygen atoms in total. The average molecular weight is 448 g/mol. The maximum absolute atomic E-state index is 5.08. The predicted molar refractivity (Wildman–Crippen MR) is 145 cm³/mol. The molecule has 0 aliphatic carbocycles. The maximum Gasteiger partial charge on any atom is 0.162 e. The van der Waals surface area contributed by atoms with Crippen LogP contribution in [0.4, 0.5) is 0 Å². The third kappa shape index (κ3) is 3.29. The highest BCUT2D eigenvalue weighted by atomic mass is 15.0. The fourth-order valence-corrected chi connectivity index (χ4v) is 4.96. The van der Waals surface area contributed by atoms with Gasteiger partial charge in [0, 0.05) is 22.0 Å². The van der Waals surface area contributed by atoms with Crippen molar-refractivity contribution in [2.45, 2.75) is 0 Å². The summed E-state index contributed by atoms with van der Waals surface area (Å²) in [6.45, 7) is 0. The quantitative estimate of drug-likeness (QED) is 0.296. The Morgan fingerprint density at radius 1 is 0.514 bits per heavy atom. The molecule has 0 atom stereocenters. The highest BCUT2D eigenvalue weighted by Crippen LogP contribution is 2.37. The number of hydrogen-bond donors (Lipinski definition) is 1. The van der Waals surface area contributed by atoms with E-state index < -0.39 is 0 Å². The Kier molecular flexibility index (Phi) is 4.46. The van der Waals surface area contributed by atoms with Gasteiger partial charge in [-0.05, 0) is 34.0 Å². The summed E-state index contributed by atoms with van der Waals surface area (Å²) < 4.78 is 0. The molecule has 5 aromatic carbocycles. The number of aromatic amines is 1. The third-order valence-corrected chi connectivity index (χ3v) is 6.63. The average Bonchev–Trinajstić information content (AvgIpc) is 3.31. The fraction of sp³-hybridized carbons (Fsp3) is 0. The second kappa shape index (κ2) is 7.93. The topological polar surface area (TPSA) is 41.6 Å². The van der Waals surface area contributed by atoms with E-state index >= 15 is 0 Å². The largest absolute Gasteiger partial charge is 0.339 e. The molecule has 0 aliphatic heterocycles. The first kappa shape index (κ1) is 19.7. The molecule has 0 radical (unpaired) electrons. The number of rotatable bonds is 3. The van der Waals surface area contributed by atoms with E-state index in [2.05, 4.69) is 102 Å². The third-order valence-electron chi connectivity index (χ3n) is 6.63. The summed E-state index contributed by atoms with van der Waals surface area (Å²) in [7, 11) is 0. The highest BCUT2D eigenvalue weighted by molar-refractivity contribution is 6.14. The second-order valence-electron chi connectivity index (χ2n) is 8.76. The lowest BCUT2D eigenvalue weighted by molar-refractivity contribution is 1.21. The summed E-state index contributed by atoms with van der Waals surface area (Å²) in [5.41, 5.74) is 7.33. The van der Waals surface area contributed by atoms with Crippen LogP contribution in [0, 0.1) is 0 Å². The van der Waals surface area contributed by atoms with Crippen LogP contribution in [-0.4, -0.2) is 15.0 Å². The molecule has 35 heavy (non-hydrogen) atoms. The van der Waals surface area contributed by atoms with Crippen molar-refractivity contribution in [3.05, 3.63) is 121 Å². The van der Waals surface area contributed by atoms with Gasteiger partial charge in [-0.15, -0.1) is 0 Å². The Morgan fingerprint density at radius 2 is 1.23 bits per heavy atom. The van der Waals surface area contributed by atoms with Crippen molar-refractivity contribution in [1.29, 1.82) is 0 Å². The number of H-pyrrole nitrogens is 1. The number of nitrogens with one attached hydrogen (secondary N) is 1. The number of fused-ring (bicyclic) bond motifs is 4. The van der Waals surface area contributed by atoms with E-state index in [0.29, 0.717) is 0 Å². The number of aromatic nitrogens is 3. The Morgan fingerprint density at radius 3 is 2.06 bits per heavy atom. The molecule has 0 bridgehead atoms. The van der Waals surface area contributed by atoms with Gasteiger partial charge in [0.1, 0.15) is 5.65 Å². The summed E-state index contributed by atoms with van der Waals surface area (Å²) >= 11 is 0. The minimum absolute atomic E-state index is 0.720. The van der Waals surface area contributed by atoms with E-state index in [-0.39, 0.29) is 0 Å². The van der Waals surface area contributed by atoms with Crippen molar-refractivity contribution in [3.8, 4) is 33.8 Å². The standard InChI is InChI=1S/C32H21N3/c1-3-11-22(12-4-1)30-29-27-20-24(26-17-9-15-21-10-7-8-16-25(21)26)18-19-28(27)33-32(29)35-31(34-30)23-13-5-2-6-14-23/h1-20H,(H,33,34,35). The van der Waals surface area contributed by atoms with Crippen molar-refractivity contribution in [1.82, 2.24) is 15.0 Å². The van der Waals surface area contributed by atoms with Gasteiger partial charge in [0.05, 0.1) is 11.1 Å². The Hall–Kier alpha value is -4.76. The van der Waals surface area contributed by atoms with Gasteiger partial charge in [-0.1, -0.05) is 109 Å². The SMILES string of the molecule is c1ccc(-c2nc(-c3ccccc3)c3c(n2)[nH]c2ccc(-c4cccc5ccccc45)cc23)cc1. The minimum Gasteiger partial charge on any atom is -0.339 e. The molecule has 0 amide bonds. The fourth-order valence-electron chi connectivity index (χ4n) is 4.96. The molecule has 0 fully saturated rings. The highest BCUT2D eigenvalue weighted by Gasteiger charge is 2.17. The molecule has 0 saturated heterocycles. The van der Waals surface area contributed by atoms with Gasteiger partial charge in [-0.3, -0.25) is 0 Å². The van der Waals surface area contributed by atoms with Crippen LogP contribution in [0.1, 0.15) is 0 Å². The van der Waals surface area contributed by atoms with E-state index in [0.717, 1.165) is 44.6 Å². The molecule has 7 rings (SSSR count). The van der Waals surface area contributed by atoms with Crippen molar-refractivity contribution < 1.29 is 0 Å². The van der Waals surface area contributed by atoms with Crippen LogP contribution in [0.5, 0.6) is 0 Å². The van der Waals surface area contributed by atoms with Crippen LogP contribution in [0.25, 0.3) is 66.5 Å². The lowest BCUT2D eigenvalue weighted by Crippen LogP contribution is -1.94. The van der Waals surface area contributed by atoms with E-state index in [1.54, 1.807) is 0 Å². The lowest BCUT2D eigenvalue weighted by Gasteiger charge is -2.09. The maximum atomic E-state index is 5.08. The molecule has 0 aliphatic rings. The molecule has 3 heteroatoms. The van der Waals surface area contributed by atoms with Crippen molar-refractivity contribution >= 4 is 32.7 Å². The zero-order chi connectivity index (χ0) is 23.2. The minimum atomic E-state index is 0.720. The first-order valence-electron chi connectivity index (χ1n) is 11.8. The molecular formula is C32H21N3. The Labute approximate surface area is 202 Å². The monoisotopic (exact) mass is 447 g/mol. The summed E-state index contributed by atoms with van der Waals surface area (Å²) in [6, 6.07) is 42.2. The molecular weight excluding hydrogens is 426 g/mol. The van der Waals surface area contributed by atoms with E-state index in [9.17, 15) is 0 Å². The molecule has 1 N–H and O–H groups in total. The normalized spacial score (nSPS) is 11.4. The van der Waals surface area contributed by atoms with Crippen molar-refractivity contribution in [2.24, 2.45) is 0 Å². The van der Waals surface area contributed by atoms with Crippen LogP contribution in [-0.2, 0) is 0 Å². The summed E-state index contributed by atoms with van der Waals surface area (Å²) in [5, 5.41) is 4.67. The van der Waals surface area contributed by atoms with Gasteiger partial charge in [-0.25, -0.2) is 9.97 Å². The molecule has 0 saturated carbocycles. The van der Waals surface area contributed by atoms with Gasteiger partial charge in [0.15, 0.2) is 5.82 Å². The van der Waals surface area contributed by atoms with Gasteiger partial charge < -0.3 is 4.98 Å². The molecule has 2 aromatic heterocycles. The van der Waals surface area contributed by atoms with Gasteiger partial charge in [0.2, 0.25) is 0 Å². The number of benzene rings is 5. The summed E-state index contributed by atoms with van der Waals surface area (Å²) in [4.78, 5) is 13.6. The van der Waals surface area contributed by atoms with E-state index in [1.165, 1.54) is 21.9 Å². The Bertz CT molecular complexity index is 1830. The smallest absolute Gasteiger partial charge is 0.162 e. The Balaban J connectivity index is 1.53. The first-order valence-corrected chi connectivity index (χ1v) is 11.8. The van der Waals surface area contributed by atoms with E-state index in [4.69, 9.17) is 9.97 Å². The second-order valence-corrected chi connectivity index (χ2v) is 8.76. The van der Waals surface area contributed by atoms with Crippen LogP contribution in [0.3, 0.4) is 0 Å². The van der Waals surface area contributed by atoms with Crippen LogP contribution < -0.4 is 0 Å². The predicted octanol–water partition coefficient (Wildman–Crippen LogP) is 8.27. The summed E-state index contributed by atoms with van der Waals surface area (Å²) in [6.07, 6.45) is 0. The van der Waals surface area contributed by atoms with Crippen LogP contribution in [0.15, 0.2) is 121 Å². The van der Waals surface area contributed by atoms with Gasteiger partial charge in [-0.2, -0.15) is 0 Å². The van der Waals surface area contributed by atoms with E-state index in [1.807, 2.05) is 24.3 Å². The van der Waals surface area contributed by atoms with Gasteiger partial charge >= 0.3 is 0 Å². The first-order chi connectivity index (χ1) is 17.3. The molecule has 0 unspecified atom stereocenters. The zero-order valence-electron chi connectivity index (χ0n) is 18.9. The van der Waals surface area contributed by atoms with Crippen molar-refractivity contribution in [3.63, 3.8) is 0 Å². The molecule has 2 heterocycles. The molecule has 7 aromatic rings. The van der Waals surface area contributed by atoms with Crippen LogP contribution >= 0.6 is 0 Å². The van der Waals surface area contributed by atoms with Gasteiger partial charge in [0.25, 0.3) is 0 Å². The lowest BCUT2D eigenvalue weighted by atomic mass is 9.96. The zero-order valence-corrected chi connectivity index (χ0v) is 18.9. The molecule has 0 spiro atoms. The number of nitrogens with zero attached hydrogens (tertiary/aromatic N) is 2. The number of hydrogen-bond acceptors (Lipinski definition) is 2. The van der Waals surface area contributed by atoms with Crippen molar-refractivity contribution in [2.75, 3.05) is 0 Å². The van der Waals surface area contributed by atoms with Crippen LogP contribution in [0.2, 0.25) is 0 Å².